The number of aromatic nitrogens is 2. The molecule has 0 aliphatic carbocycles. The van der Waals surface area contributed by atoms with Gasteiger partial charge in [-0.2, -0.15) is 0 Å². The Morgan fingerprint density at radius 1 is 0.811 bits per heavy atom. The zero-order valence-corrected chi connectivity index (χ0v) is 21.5. The molecule has 0 aliphatic heterocycles. The van der Waals surface area contributed by atoms with Crippen molar-refractivity contribution in [3.05, 3.63) is 102 Å². The number of rotatable bonds is 7. The van der Waals surface area contributed by atoms with Crippen LogP contribution >= 0.6 is 0 Å². The highest BCUT2D eigenvalue weighted by Gasteiger charge is 2.15. The van der Waals surface area contributed by atoms with Crippen LogP contribution < -0.4 is 16.0 Å². The number of carbonyl (C=O) groups excluding carboxylic acids is 2. The molecule has 1 aromatic heterocycles. The van der Waals surface area contributed by atoms with Gasteiger partial charge in [0, 0.05) is 28.6 Å². The summed E-state index contributed by atoms with van der Waals surface area (Å²) in [6, 6.07) is 26.5. The number of aryl methyl sites for hydroxylation is 1. The summed E-state index contributed by atoms with van der Waals surface area (Å²) >= 11 is 0. The quantitative estimate of drug-likeness (QED) is 0.300. The molecular weight excluding hydrogens is 462 g/mol. The lowest BCUT2D eigenvalue weighted by Crippen LogP contribution is -2.32. The minimum Gasteiger partial charge on any atom is -0.343 e. The molecule has 0 unspecified atom stereocenters. The van der Waals surface area contributed by atoms with Gasteiger partial charge in [0.2, 0.25) is 5.91 Å². The molecule has 3 aromatic carbocycles. The molecule has 188 valence electrons. The van der Waals surface area contributed by atoms with Gasteiger partial charge in [-0.3, -0.25) is 9.59 Å². The van der Waals surface area contributed by atoms with E-state index in [9.17, 15) is 9.59 Å². The van der Waals surface area contributed by atoms with Gasteiger partial charge in [-0.25, -0.2) is 9.97 Å². The maximum absolute atomic E-state index is 12.5. The third kappa shape index (κ3) is 7.01. The summed E-state index contributed by atoms with van der Waals surface area (Å²) in [6.07, 6.45) is 0. The SMILES string of the molecule is Cc1nc(Nc2cccc(NC(=O)CNC(=O)c3ccc(C(C)(C)C)cc3)c2)cc(-c2ccccc2)n1. The number of amides is 2. The van der Waals surface area contributed by atoms with Crippen LogP contribution in [-0.4, -0.2) is 28.3 Å². The zero-order valence-electron chi connectivity index (χ0n) is 21.5. The molecule has 1 heterocycles. The Hall–Kier alpha value is -4.52. The maximum atomic E-state index is 12.5. The van der Waals surface area contributed by atoms with E-state index in [1.54, 1.807) is 18.2 Å². The summed E-state index contributed by atoms with van der Waals surface area (Å²) in [7, 11) is 0. The first-order chi connectivity index (χ1) is 17.7. The molecule has 0 saturated heterocycles. The molecule has 0 atom stereocenters. The minimum atomic E-state index is -0.318. The average molecular weight is 494 g/mol. The van der Waals surface area contributed by atoms with E-state index in [4.69, 9.17) is 0 Å². The number of anilines is 3. The van der Waals surface area contributed by atoms with Crippen LogP contribution in [0.3, 0.4) is 0 Å². The van der Waals surface area contributed by atoms with Gasteiger partial charge in [-0.05, 0) is 48.2 Å². The molecule has 7 nitrogen and oxygen atoms in total. The standard InChI is InChI=1S/C30H31N5O2/c1-20-32-26(21-9-6-5-7-10-21)18-27(33-20)34-24-11-8-12-25(17-24)35-28(36)19-31-29(37)22-13-15-23(16-14-22)30(2,3)4/h5-18H,19H2,1-4H3,(H,31,37)(H,35,36)(H,32,33,34). The van der Waals surface area contributed by atoms with Crippen molar-refractivity contribution in [2.45, 2.75) is 33.1 Å². The van der Waals surface area contributed by atoms with E-state index < -0.39 is 0 Å². The molecule has 4 rings (SSSR count). The topological polar surface area (TPSA) is 96.0 Å². The fourth-order valence-corrected chi connectivity index (χ4v) is 3.80. The van der Waals surface area contributed by atoms with Gasteiger partial charge in [0.1, 0.15) is 11.6 Å². The first-order valence-corrected chi connectivity index (χ1v) is 12.1. The second-order valence-corrected chi connectivity index (χ2v) is 9.82. The van der Waals surface area contributed by atoms with E-state index >= 15 is 0 Å². The number of benzene rings is 3. The van der Waals surface area contributed by atoms with Crippen molar-refractivity contribution in [3.63, 3.8) is 0 Å². The predicted molar refractivity (Wildman–Crippen MR) is 148 cm³/mol. The predicted octanol–water partition coefficient (Wildman–Crippen LogP) is 5.86. The molecule has 0 spiro atoms. The molecule has 2 amide bonds. The van der Waals surface area contributed by atoms with E-state index in [1.807, 2.05) is 73.7 Å². The normalized spacial score (nSPS) is 11.0. The minimum absolute atomic E-state index is 0.00869. The number of hydrogen-bond donors (Lipinski definition) is 3. The van der Waals surface area contributed by atoms with Crippen molar-refractivity contribution in [2.24, 2.45) is 0 Å². The molecule has 37 heavy (non-hydrogen) atoms. The molecule has 7 heteroatoms. The van der Waals surface area contributed by atoms with Crippen LogP contribution in [-0.2, 0) is 10.2 Å². The number of carbonyl (C=O) groups is 2. The lowest BCUT2D eigenvalue weighted by atomic mass is 9.87. The highest BCUT2D eigenvalue weighted by molar-refractivity contribution is 5.99. The van der Waals surface area contributed by atoms with E-state index in [1.165, 1.54) is 0 Å². The number of nitrogens with one attached hydrogen (secondary N) is 3. The Kier molecular flexibility index (Phi) is 7.63. The van der Waals surface area contributed by atoms with Gasteiger partial charge in [-0.1, -0.05) is 69.3 Å². The smallest absolute Gasteiger partial charge is 0.251 e. The number of hydrogen-bond acceptors (Lipinski definition) is 5. The monoisotopic (exact) mass is 493 g/mol. The van der Waals surface area contributed by atoms with Crippen molar-refractivity contribution in [1.82, 2.24) is 15.3 Å². The molecule has 0 aliphatic rings. The van der Waals surface area contributed by atoms with Crippen LogP contribution in [0.4, 0.5) is 17.2 Å². The van der Waals surface area contributed by atoms with Crippen molar-refractivity contribution in [3.8, 4) is 11.3 Å². The highest BCUT2D eigenvalue weighted by Crippen LogP contribution is 2.24. The third-order valence-electron chi connectivity index (χ3n) is 5.75. The zero-order chi connectivity index (χ0) is 26.4. The average Bonchev–Trinajstić information content (AvgIpc) is 2.87. The Bertz CT molecular complexity index is 1390. The lowest BCUT2D eigenvalue weighted by Gasteiger charge is -2.19. The molecular formula is C30H31N5O2. The van der Waals surface area contributed by atoms with Crippen molar-refractivity contribution < 1.29 is 9.59 Å². The van der Waals surface area contributed by atoms with Gasteiger partial charge in [0.05, 0.1) is 12.2 Å². The summed E-state index contributed by atoms with van der Waals surface area (Å²) in [5.41, 5.74) is 4.86. The van der Waals surface area contributed by atoms with Crippen LogP contribution in [0.25, 0.3) is 11.3 Å². The molecule has 0 radical (unpaired) electrons. The van der Waals surface area contributed by atoms with E-state index in [-0.39, 0.29) is 23.8 Å². The van der Waals surface area contributed by atoms with Gasteiger partial charge < -0.3 is 16.0 Å². The molecule has 4 aromatic rings. The van der Waals surface area contributed by atoms with Crippen LogP contribution in [0, 0.1) is 6.92 Å². The summed E-state index contributed by atoms with van der Waals surface area (Å²) in [5.74, 6) is 0.692. The summed E-state index contributed by atoms with van der Waals surface area (Å²) in [5, 5.41) is 8.79. The van der Waals surface area contributed by atoms with E-state index in [0.29, 0.717) is 22.9 Å². The van der Waals surface area contributed by atoms with Gasteiger partial charge in [-0.15, -0.1) is 0 Å². The Labute approximate surface area is 217 Å². The Morgan fingerprint density at radius 3 is 2.22 bits per heavy atom. The molecule has 3 N–H and O–H groups in total. The van der Waals surface area contributed by atoms with Crippen LogP contribution in [0.2, 0.25) is 0 Å². The maximum Gasteiger partial charge on any atom is 0.251 e. The Morgan fingerprint density at radius 2 is 1.51 bits per heavy atom. The molecule has 0 bridgehead atoms. The summed E-state index contributed by atoms with van der Waals surface area (Å²) < 4.78 is 0. The first-order valence-electron chi connectivity index (χ1n) is 12.1. The lowest BCUT2D eigenvalue weighted by molar-refractivity contribution is -0.115. The van der Waals surface area contributed by atoms with Crippen LogP contribution in [0.5, 0.6) is 0 Å². The van der Waals surface area contributed by atoms with Crippen molar-refractivity contribution in [2.75, 3.05) is 17.2 Å². The van der Waals surface area contributed by atoms with Crippen molar-refractivity contribution in [1.29, 1.82) is 0 Å². The molecule has 0 saturated carbocycles. The third-order valence-corrected chi connectivity index (χ3v) is 5.75. The van der Waals surface area contributed by atoms with Gasteiger partial charge >= 0.3 is 0 Å². The van der Waals surface area contributed by atoms with E-state index in [2.05, 4.69) is 46.7 Å². The van der Waals surface area contributed by atoms with Crippen molar-refractivity contribution >= 4 is 29.0 Å². The fourth-order valence-electron chi connectivity index (χ4n) is 3.80. The van der Waals surface area contributed by atoms with E-state index in [0.717, 1.165) is 22.5 Å². The first kappa shape index (κ1) is 25.6. The fraction of sp³-hybridized carbons (Fsp3) is 0.200. The van der Waals surface area contributed by atoms with Gasteiger partial charge in [0.25, 0.3) is 5.91 Å². The highest BCUT2D eigenvalue weighted by atomic mass is 16.2. The van der Waals surface area contributed by atoms with Crippen LogP contribution in [0.15, 0.2) is 84.9 Å². The molecule has 0 fully saturated rings. The number of nitrogens with zero attached hydrogens (tertiary/aromatic N) is 2. The van der Waals surface area contributed by atoms with Crippen LogP contribution in [0.1, 0.15) is 42.5 Å². The largest absolute Gasteiger partial charge is 0.343 e. The van der Waals surface area contributed by atoms with Gasteiger partial charge in [0.15, 0.2) is 0 Å². The second-order valence-electron chi connectivity index (χ2n) is 9.82. The Balaban J connectivity index is 1.36. The second kappa shape index (κ2) is 11.0. The summed E-state index contributed by atoms with van der Waals surface area (Å²) in [4.78, 5) is 34.0. The summed E-state index contributed by atoms with van der Waals surface area (Å²) in [6.45, 7) is 8.07.